The first-order chi connectivity index (χ1) is 17.9. The van der Waals surface area contributed by atoms with Crippen molar-refractivity contribution in [2.24, 2.45) is 4.99 Å². The molecular formula is C26H22BrN3O6S. The van der Waals surface area contributed by atoms with Crippen molar-refractivity contribution in [2.75, 3.05) is 13.7 Å². The number of ether oxygens (including phenoxy) is 3. The summed E-state index contributed by atoms with van der Waals surface area (Å²) in [6.45, 7) is 2.62. The number of nitro groups is 1. The molecule has 0 aliphatic carbocycles. The first-order valence-corrected chi connectivity index (χ1v) is 12.7. The van der Waals surface area contributed by atoms with Crippen LogP contribution in [-0.4, -0.2) is 29.7 Å². The standard InChI is InChI=1S/C26H22BrN3O6S/c1-3-35-20-9-7-18(8-10-20)28-26-29-25(31)24(37-26)13-17-12-22(34-2)23(14-21(17)27)36-15-16-5-4-6-19(11-16)30(32)33/h4-14H,3,15H2,1-2H3,(H,28,29,31)/b24-13+. The number of carbonyl (C=O) groups is 1. The number of methoxy groups -OCH3 is 1. The second kappa shape index (κ2) is 11.9. The summed E-state index contributed by atoms with van der Waals surface area (Å²) in [5, 5.41) is 14.3. The Labute approximate surface area is 225 Å². The fourth-order valence-corrected chi connectivity index (χ4v) is 4.65. The molecule has 0 aromatic heterocycles. The van der Waals surface area contributed by atoms with Gasteiger partial charge in [-0.3, -0.25) is 14.9 Å². The number of aliphatic imine (C=N–C) groups is 1. The van der Waals surface area contributed by atoms with Crippen LogP contribution < -0.4 is 19.5 Å². The number of rotatable bonds is 9. The van der Waals surface area contributed by atoms with E-state index in [1.165, 1.54) is 31.0 Å². The second-order valence-electron chi connectivity index (χ2n) is 7.65. The molecule has 0 radical (unpaired) electrons. The Morgan fingerprint density at radius 1 is 1.11 bits per heavy atom. The van der Waals surface area contributed by atoms with E-state index >= 15 is 0 Å². The highest BCUT2D eigenvalue weighted by atomic mass is 79.9. The number of nitro benzene ring substituents is 1. The Morgan fingerprint density at radius 3 is 2.59 bits per heavy atom. The van der Waals surface area contributed by atoms with Crippen molar-refractivity contribution in [3.05, 3.63) is 91.3 Å². The topological polar surface area (TPSA) is 112 Å². The van der Waals surface area contributed by atoms with Crippen LogP contribution in [0.4, 0.5) is 11.4 Å². The lowest BCUT2D eigenvalue weighted by Crippen LogP contribution is -2.19. The highest BCUT2D eigenvalue weighted by Crippen LogP contribution is 2.37. The molecule has 9 nitrogen and oxygen atoms in total. The Balaban J connectivity index is 1.50. The van der Waals surface area contributed by atoms with Crippen LogP contribution in [0, 0.1) is 10.1 Å². The summed E-state index contributed by atoms with van der Waals surface area (Å²) in [7, 11) is 1.51. The number of amides is 1. The van der Waals surface area contributed by atoms with Gasteiger partial charge in [-0.25, -0.2) is 4.99 Å². The maximum absolute atomic E-state index is 12.6. The first kappa shape index (κ1) is 26.2. The van der Waals surface area contributed by atoms with E-state index in [4.69, 9.17) is 14.2 Å². The van der Waals surface area contributed by atoms with Crippen molar-refractivity contribution < 1.29 is 23.9 Å². The second-order valence-corrected chi connectivity index (χ2v) is 9.53. The van der Waals surface area contributed by atoms with Crippen LogP contribution in [0.15, 0.2) is 75.0 Å². The van der Waals surface area contributed by atoms with E-state index in [1.807, 2.05) is 31.2 Å². The molecule has 0 saturated carbocycles. The van der Waals surface area contributed by atoms with Gasteiger partial charge >= 0.3 is 0 Å². The molecule has 190 valence electrons. The third-order valence-electron chi connectivity index (χ3n) is 5.11. The number of thioether (sulfide) groups is 1. The number of carbonyl (C=O) groups excluding carboxylic acids is 1. The summed E-state index contributed by atoms with van der Waals surface area (Å²) in [6, 6.07) is 17.0. The monoisotopic (exact) mass is 583 g/mol. The van der Waals surface area contributed by atoms with Crippen molar-refractivity contribution in [3.63, 3.8) is 0 Å². The molecule has 1 saturated heterocycles. The van der Waals surface area contributed by atoms with Crippen LogP contribution >= 0.6 is 27.7 Å². The molecule has 3 aromatic carbocycles. The number of benzene rings is 3. The van der Waals surface area contributed by atoms with Gasteiger partial charge in [-0.1, -0.05) is 28.1 Å². The lowest BCUT2D eigenvalue weighted by atomic mass is 10.1. The zero-order chi connectivity index (χ0) is 26.4. The van der Waals surface area contributed by atoms with Crippen LogP contribution in [0.5, 0.6) is 17.2 Å². The minimum absolute atomic E-state index is 0.00556. The number of hydrogen-bond acceptors (Lipinski definition) is 8. The average Bonchev–Trinajstić information content (AvgIpc) is 3.23. The summed E-state index contributed by atoms with van der Waals surface area (Å²) < 4.78 is 17.5. The fourth-order valence-electron chi connectivity index (χ4n) is 3.38. The van der Waals surface area contributed by atoms with Gasteiger partial charge in [0.2, 0.25) is 0 Å². The molecule has 1 fully saturated rings. The van der Waals surface area contributed by atoms with Crippen LogP contribution in [0.2, 0.25) is 0 Å². The number of hydrogen-bond donors (Lipinski definition) is 1. The number of nitrogens with zero attached hydrogens (tertiary/aromatic N) is 2. The number of non-ortho nitro benzene ring substituents is 1. The SMILES string of the molecule is CCOc1ccc(N=C2NC(=O)/C(=C\c3cc(OC)c(OCc4cccc([N+](=O)[O-])c4)cc3Br)S2)cc1. The van der Waals surface area contributed by atoms with Crippen LogP contribution in [0.1, 0.15) is 18.1 Å². The summed E-state index contributed by atoms with van der Waals surface area (Å²) in [6.07, 6.45) is 1.73. The number of halogens is 1. The minimum Gasteiger partial charge on any atom is -0.494 e. The molecule has 11 heteroatoms. The predicted octanol–water partition coefficient (Wildman–Crippen LogP) is 6.24. The molecule has 1 N–H and O–H groups in total. The van der Waals surface area contributed by atoms with Gasteiger partial charge in [0.25, 0.3) is 11.6 Å². The molecule has 1 heterocycles. The maximum atomic E-state index is 12.6. The Kier molecular flexibility index (Phi) is 8.47. The molecular weight excluding hydrogens is 562 g/mol. The van der Waals surface area contributed by atoms with Crippen molar-refractivity contribution in [3.8, 4) is 17.2 Å². The zero-order valence-electron chi connectivity index (χ0n) is 19.9. The fraction of sp³-hybridized carbons (Fsp3) is 0.154. The third-order valence-corrected chi connectivity index (χ3v) is 6.71. The Bertz CT molecular complexity index is 1390. The van der Waals surface area contributed by atoms with E-state index in [0.717, 1.165) is 5.75 Å². The highest BCUT2D eigenvalue weighted by Gasteiger charge is 2.24. The minimum atomic E-state index is -0.450. The number of amidine groups is 1. The van der Waals surface area contributed by atoms with Gasteiger partial charge in [-0.2, -0.15) is 0 Å². The molecule has 0 unspecified atom stereocenters. The summed E-state index contributed by atoms with van der Waals surface area (Å²) in [5.74, 6) is 1.40. The average molecular weight is 584 g/mol. The van der Waals surface area contributed by atoms with E-state index in [2.05, 4.69) is 26.2 Å². The largest absolute Gasteiger partial charge is 0.494 e. The Hall–Kier alpha value is -3.83. The van der Waals surface area contributed by atoms with Gasteiger partial charge in [0.15, 0.2) is 16.7 Å². The van der Waals surface area contributed by atoms with Crippen LogP contribution in [0.25, 0.3) is 6.08 Å². The van der Waals surface area contributed by atoms with Gasteiger partial charge in [-0.05, 0) is 72.3 Å². The summed E-state index contributed by atoms with van der Waals surface area (Å²) in [5.41, 5.74) is 2.05. The van der Waals surface area contributed by atoms with E-state index < -0.39 is 4.92 Å². The van der Waals surface area contributed by atoms with Gasteiger partial charge in [-0.15, -0.1) is 0 Å². The molecule has 1 aliphatic rings. The van der Waals surface area contributed by atoms with Gasteiger partial charge in [0.05, 0.1) is 29.2 Å². The third kappa shape index (κ3) is 6.69. The van der Waals surface area contributed by atoms with Crippen molar-refractivity contribution in [2.45, 2.75) is 13.5 Å². The van der Waals surface area contributed by atoms with E-state index in [9.17, 15) is 14.9 Å². The quantitative estimate of drug-likeness (QED) is 0.180. The molecule has 3 aromatic rings. The molecule has 4 rings (SSSR count). The zero-order valence-corrected chi connectivity index (χ0v) is 22.3. The number of nitrogens with one attached hydrogen (secondary N) is 1. The van der Waals surface area contributed by atoms with E-state index in [1.54, 1.807) is 30.3 Å². The van der Waals surface area contributed by atoms with Gasteiger partial charge < -0.3 is 19.5 Å². The highest BCUT2D eigenvalue weighted by molar-refractivity contribution is 9.10. The van der Waals surface area contributed by atoms with Crippen molar-refractivity contribution >= 4 is 56.2 Å². The summed E-state index contributed by atoms with van der Waals surface area (Å²) >= 11 is 4.76. The van der Waals surface area contributed by atoms with Gasteiger partial charge in [0.1, 0.15) is 12.4 Å². The molecule has 0 spiro atoms. The predicted molar refractivity (Wildman–Crippen MR) is 147 cm³/mol. The molecule has 1 aliphatic heterocycles. The van der Waals surface area contributed by atoms with Crippen LogP contribution in [-0.2, 0) is 11.4 Å². The lowest BCUT2D eigenvalue weighted by Gasteiger charge is -2.13. The van der Waals surface area contributed by atoms with Crippen molar-refractivity contribution in [1.29, 1.82) is 0 Å². The molecule has 1 amide bonds. The van der Waals surface area contributed by atoms with E-state index in [-0.39, 0.29) is 18.2 Å². The van der Waals surface area contributed by atoms with Crippen molar-refractivity contribution in [1.82, 2.24) is 5.32 Å². The molecule has 0 bridgehead atoms. The molecule has 0 atom stereocenters. The van der Waals surface area contributed by atoms with Crippen LogP contribution in [0.3, 0.4) is 0 Å². The Morgan fingerprint density at radius 2 is 1.89 bits per heavy atom. The lowest BCUT2D eigenvalue weighted by molar-refractivity contribution is -0.384. The van der Waals surface area contributed by atoms with Gasteiger partial charge in [0, 0.05) is 16.6 Å². The maximum Gasteiger partial charge on any atom is 0.269 e. The summed E-state index contributed by atoms with van der Waals surface area (Å²) in [4.78, 5) is 28.1. The van der Waals surface area contributed by atoms with E-state index in [0.29, 0.717) is 49.5 Å². The smallest absolute Gasteiger partial charge is 0.269 e. The molecule has 37 heavy (non-hydrogen) atoms. The normalized spacial score (nSPS) is 15.1. The first-order valence-electron chi connectivity index (χ1n) is 11.1.